The number of fused-ring (bicyclic) bond motifs is 1. The lowest BCUT2D eigenvalue weighted by Gasteiger charge is -2.34. The van der Waals surface area contributed by atoms with Crippen molar-refractivity contribution in [1.29, 1.82) is 0 Å². The molecule has 1 aromatic rings. The number of nitrogens with zero attached hydrogens (tertiary/aromatic N) is 2. The number of carbonyl (C=O) groups excluding carboxylic acids is 2. The van der Waals surface area contributed by atoms with E-state index in [0.717, 1.165) is 4.31 Å². The zero-order valence-electron chi connectivity index (χ0n) is 13.9. The van der Waals surface area contributed by atoms with E-state index in [4.69, 9.17) is 0 Å². The number of nitrogens with one attached hydrogen (secondary N) is 1. The minimum Gasteiger partial charge on any atom is -0.333 e. The average molecular weight is 351 g/mol. The van der Waals surface area contributed by atoms with Crippen LogP contribution in [0.1, 0.15) is 41.5 Å². The lowest BCUT2D eigenvalue weighted by Crippen LogP contribution is -2.52. The van der Waals surface area contributed by atoms with Crippen molar-refractivity contribution in [2.75, 3.05) is 19.6 Å². The first-order valence-electron chi connectivity index (χ1n) is 7.99. The van der Waals surface area contributed by atoms with Crippen LogP contribution in [0.3, 0.4) is 0 Å². The standard InChI is InChI=1S/C16H21N3O4S/c1-10(2)19-16(21)13-5-4-12(8-14(13)24(19,22)23)15(20)18-7-6-17-9-11(18)3/h4-5,8,10-11,17H,6-7,9H2,1-3H3/t11-/m0/s1. The molecule has 0 saturated carbocycles. The summed E-state index contributed by atoms with van der Waals surface area (Å²) in [7, 11) is -3.89. The van der Waals surface area contributed by atoms with Crippen LogP contribution >= 0.6 is 0 Å². The molecule has 7 nitrogen and oxygen atoms in total. The first-order chi connectivity index (χ1) is 11.2. The summed E-state index contributed by atoms with van der Waals surface area (Å²) in [5.41, 5.74) is 0.429. The summed E-state index contributed by atoms with van der Waals surface area (Å²) >= 11 is 0. The molecule has 24 heavy (non-hydrogen) atoms. The first kappa shape index (κ1) is 16.9. The summed E-state index contributed by atoms with van der Waals surface area (Å²) < 4.78 is 26.1. The van der Waals surface area contributed by atoms with Gasteiger partial charge in [-0.2, -0.15) is 0 Å². The Morgan fingerprint density at radius 3 is 2.67 bits per heavy atom. The summed E-state index contributed by atoms with van der Waals surface area (Å²) in [5, 5.41) is 3.21. The molecule has 1 atom stereocenters. The lowest BCUT2D eigenvalue weighted by molar-refractivity contribution is 0.0655. The van der Waals surface area contributed by atoms with Crippen LogP contribution in [0.5, 0.6) is 0 Å². The molecular weight excluding hydrogens is 330 g/mol. The SMILES string of the molecule is CC(C)N1C(=O)c2ccc(C(=O)N3CCNC[C@@H]3C)cc2S1(=O)=O. The molecule has 2 heterocycles. The molecule has 0 bridgehead atoms. The van der Waals surface area contributed by atoms with Gasteiger partial charge in [-0.25, -0.2) is 12.7 Å². The van der Waals surface area contributed by atoms with Crippen molar-refractivity contribution >= 4 is 21.8 Å². The molecule has 2 aliphatic heterocycles. The van der Waals surface area contributed by atoms with Gasteiger partial charge in [-0.05, 0) is 39.0 Å². The van der Waals surface area contributed by atoms with E-state index in [2.05, 4.69) is 5.32 Å². The van der Waals surface area contributed by atoms with Crippen LogP contribution < -0.4 is 5.32 Å². The van der Waals surface area contributed by atoms with Crippen molar-refractivity contribution < 1.29 is 18.0 Å². The second-order valence-corrected chi connectivity index (χ2v) is 8.25. The Balaban J connectivity index is 2.00. The number of sulfonamides is 1. The highest BCUT2D eigenvalue weighted by Crippen LogP contribution is 2.32. The van der Waals surface area contributed by atoms with Crippen LogP contribution in [0.4, 0.5) is 0 Å². The van der Waals surface area contributed by atoms with E-state index in [1.807, 2.05) is 6.92 Å². The third kappa shape index (κ3) is 2.50. The fraction of sp³-hybridized carbons (Fsp3) is 0.500. The Morgan fingerprint density at radius 2 is 2.04 bits per heavy atom. The van der Waals surface area contributed by atoms with Gasteiger partial charge in [0.05, 0.1) is 5.56 Å². The van der Waals surface area contributed by atoms with Gasteiger partial charge < -0.3 is 10.2 Å². The molecule has 0 radical (unpaired) electrons. The Kier molecular flexibility index (Phi) is 4.13. The quantitative estimate of drug-likeness (QED) is 0.846. The molecule has 0 spiro atoms. The number of piperazine rings is 1. The molecule has 0 aromatic heterocycles. The summed E-state index contributed by atoms with van der Waals surface area (Å²) in [6.07, 6.45) is 0. The summed E-state index contributed by atoms with van der Waals surface area (Å²) in [5.74, 6) is -0.744. The van der Waals surface area contributed by atoms with Crippen LogP contribution in [-0.4, -0.2) is 61.2 Å². The molecule has 1 fully saturated rings. The third-order valence-corrected chi connectivity index (χ3v) is 6.43. The molecule has 0 aliphatic carbocycles. The van der Waals surface area contributed by atoms with Gasteiger partial charge in [0.15, 0.2) is 0 Å². The zero-order valence-corrected chi connectivity index (χ0v) is 14.8. The molecular formula is C16H21N3O4S. The number of hydrogen-bond donors (Lipinski definition) is 1. The third-order valence-electron chi connectivity index (χ3n) is 4.43. The van der Waals surface area contributed by atoms with Crippen molar-refractivity contribution in [2.45, 2.75) is 37.8 Å². The summed E-state index contributed by atoms with van der Waals surface area (Å²) in [4.78, 5) is 26.7. The smallest absolute Gasteiger partial charge is 0.269 e. The fourth-order valence-corrected chi connectivity index (χ4v) is 4.99. The second-order valence-electron chi connectivity index (χ2n) is 6.46. The highest BCUT2D eigenvalue weighted by Gasteiger charge is 2.43. The van der Waals surface area contributed by atoms with Crippen LogP contribution in [0.25, 0.3) is 0 Å². The highest BCUT2D eigenvalue weighted by molar-refractivity contribution is 7.90. The highest BCUT2D eigenvalue weighted by atomic mass is 32.2. The lowest BCUT2D eigenvalue weighted by atomic mass is 10.1. The van der Waals surface area contributed by atoms with E-state index in [9.17, 15) is 18.0 Å². The number of amides is 2. The molecule has 1 saturated heterocycles. The van der Waals surface area contributed by atoms with Crippen LogP contribution in [-0.2, 0) is 10.0 Å². The maximum absolute atomic E-state index is 12.7. The van der Waals surface area contributed by atoms with Crippen molar-refractivity contribution in [3.8, 4) is 0 Å². The van der Waals surface area contributed by atoms with Crippen molar-refractivity contribution in [2.24, 2.45) is 0 Å². The number of carbonyl (C=O) groups is 2. The zero-order chi connectivity index (χ0) is 17.6. The summed E-state index contributed by atoms with van der Waals surface area (Å²) in [6, 6.07) is 3.87. The molecule has 8 heteroatoms. The van der Waals surface area contributed by atoms with E-state index in [-0.39, 0.29) is 22.4 Å². The van der Waals surface area contributed by atoms with E-state index < -0.39 is 22.0 Å². The van der Waals surface area contributed by atoms with Gasteiger partial charge in [0.1, 0.15) is 4.90 Å². The Labute approximate surface area is 141 Å². The number of rotatable bonds is 2. The normalized spacial score (nSPS) is 22.8. The maximum Gasteiger partial charge on any atom is 0.269 e. The number of hydrogen-bond acceptors (Lipinski definition) is 5. The minimum atomic E-state index is -3.89. The van der Waals surface area contributed by atoms with E-state index in [0.29, 0.717) is 25.2 Å². The molecule has 1 N–H and O–H groups in total. The van der Waals surface area contributed by atoms with Gasteiger partial charge >= 0.3 is 0 Å². The Bertz CT molecular complexity index is 804. The molecule has 2 aliphatic rings. The molecule has 130 valence electrons. The van der Waals surface area contributed by atoms with E-state index in [1.54, 1.807) is 18.7 Å². The van der Waals surface area contributed by atoms with Gasteiger partial charge in [0, 0.05) is 37.3 Å². The second kappa shape index (κ2) is 5.86. The largest absolute Gasteiger partial charge is 0.333 e. The van der Waals surface area contributed by atoms with Gasteiger partial charge in [0.25, 0.3) is 21.8 Å². The predicted octanol–water partition coefficient (Wildman–Crippen LogP) is 0.673. The monoisotopic (exact) mass is 351 g/mol. The van der Waals surface area contributed by atoms with Crippen molar-refractivity contribution in [3.05, 3.63) is 29.3 Å². The average Bonchev–Trinajstić information content (AvgIpc) is 2.73. The van der Waals surface area contributed by atoms with Crippen LogP contribution in [0.2, 0.25) is 0 Å². The van der Waals surface area contributed by atoms with Crippen molar-refractivity contribution in [1.82, 2.24) is 14.5 Å². The van der Waals surface area contributed by atoms with Crippen molar-refractivity contribution in [3.63, 3.8) is 0 Å². The first-order valence-corrected chi connectivity index (χ1v) is 9.43. The molecule has 2 amide bonds. The Morgan fingerprint density at radius 1 is 1.33 bits per heavy atom. The maximum atomic E-state index is 12.7. The van der Waals surface area contributed by atoms with Gasteiger partial charge in [-0.3, -0.25) is 9.59 Å². The van der Waals surface area contributed by atoms with Crippen LogP contribution in [0, 0.1) is 0 Å². The van der Waals surface area contributed by atoms with Gasteiger partial charge in [-0.15, -0.1) is 0 Å². The predicted molar refractivity (Wildman–Crippen MR) is 88.3 cm³/mol. The van der Waals surface area contributed by atoms with E-state index >= 15 is 0 Å². The van der Waals surface area contributed by atoms with E-state index in [1.165, 1.54) is 18.2 Å². The molecule has 3 rings (SSSR count). The minimum absolute atomic E-state index is 0.0323. The molecule has 1 aromatic carbocycles. The number of benzene rings is 1. The summed E-state index contributed by atoms with van der Waals surface area (Å²) in [6.45, 7) is 7.22. The van der Waals surface area contributed by atoms with Crippen LogP contribution in [0.15, 0.2) is 23.1 Å². The molecule has 0 unspecified atom stereocenters. The van der Waals surface area contributed by atoms with Gasteiger partial charge in [-0.1, -0.05) is 0 Å². The fourth-order valence-electron chi connectivity index (χ4n) is 3.20. The van der Waals surface area contributed by atoms with Gasteiger partial charge in [0.2, 0.25) is 0 Å². The topological polar surface area (TPSA) is 86.8 Å². The Hall–Kier alpha value is -1.93.